The van der Waals surface area contributed by atoms with Gasteiger partial charge in [-0.15, -0.1) is 0 Å². The van der Waals surface area contributed by atoms with Crippen LogP contribution in [-0.2, 0) is 9.59 Å². The number of carbonyl (C=O) groups is 2. The van der Waals surface area contributed by atoms with E-state index in [1.165, 1.54) is 0 Å². The van der Waals surface area contributed by atoms with E-state index in [-0.39, 0.29) is 115 Å². The first-order valence-electron chi connectivity index (χ1n) is 4.94. The molecule has 16 heavy (non-hydrogen) atoms. The van der Waals surface area contributed by atoms with Crippen molar-refractivity contribution in [3.63, 3.8) is 0 Å². The van der Waals surface area contributed by atoms with Crippen LogP contribution in [0.1, 0.15) is 39.5 Å². The molecule has 0 N–H and O–H groups in total. The Morgan fingerprint density at radius 3 is 1.75 bits per heavy atom. The maximum atomic E-state index is 10.5. The minimum atomic E-state index is -1.54. The molecule has 0 amide bonds. The normalized spacial score (nSPS) is 11.2. The van der Waals surface area contributed by atoms with E-state index in [9.17, 15) is 19.8 Å². The third kappa shape index (κ3) is 10.2. The maximum absolute atomic E-state index is 10.5. The van der Waals surface area contributed by atoms with Crippen molar-refractivity contribution in [3.05, 3.63) is 0 Å². The standard InChI is InChI=1S/C10H18O4.2K/c1-3-5-7(4-2)6-8(9(11)12)10(13)14;;/h7-8H,3-6H2,1-2H3,(H,11,12)(H,13,14);;/q;2*+1/p-2. The summed E-state index contributed by atoms with van der Waals surface area (Å²) in [6, 6.07) is 0. The Balaban J connectivity index is -0.000000845. The van der Waals surface area contributed by atoms with Gasteiger partial charge in [0.2, 0.25) is 0 Å². The van der Waals surface area contributed by atoms with Crippen LogP contribution in [0.25, 0.3) is 0 Å². The van der Waals surface area contributed by atoms with Gasteiger partial charge in [-0.3, -0.25) is 0 Å². The van der Waals surface area contributed by atoms with Gasteiger partial charge in [0.15, 0.2) is 0 Å². The van der Waals surface area contributed by atoms with Crippen LogP contribution >= 0.6 is 0 Å². The number of carbonyl (C=O) groups excluding carboxylic acids is 2. The molecule has 1 atom stereocenters. The van der Waals surface area contributed by atoms with Crippen molar-refractivity contribution in [2.75, 3.05) is 0 Å². The van der Waals surface area contributed by atoms with E-state index in [4.69, 9.17) is 0 Å². The molecule has 0 aromatic rings. The van der Waals surface area contributed by atoms with E-state index in [2.05, 4.69) is 0 Å². The molecule has 0 rings (SSSR count). The number of carboxylic acid groups (broad SMARTS) is 2. The monoisotopic (exact) mass is 278 g/mol. The van der Waals surface area contributed by atoms with Crippen LogP contribution in [0.5, 0.6) is 0 Å². The molecule has 0 bridgehead atoms. The van der Waals surface area contributed by atoms with Crippen LogP contribution in [0, 0.1) is 11.8 Å². The van der Waals surface area contributed by atoms with Crippen molar-refractivity contribution in [1.29, 1.82) is 0 Å². The smallest absolute Gasteiger partial charge is 0.549 e. The van der Waals surface area contributed by atoms with Crippen molar-refractivity contribution in [1.82, 2.24) is 0 Å². The summed E-state index contributed by atoms with van der Waals surface area (Å²) in [5.41, 5.74) is 0. The summed E-state index contributed by atoms with van der Waals surface area (Å²) >= 11 is 0. The number of carboxylic acids is 2. The van der Waals surface area contributed by atoms with Crippen LogP contribution in [0.2, 0.25) is 0 Å². The average molecular weight is 278 g/mol. The van der Waals surface area contributed by atoms with E-state index in [0.29, 0.717) is 0 Å². The molecular formula is C10H16K2O4. The van der Waals surface area contributed by atoms with Gasteiger partial charge < -0.3 is 19.8 Å². The molecule has 0 aliphatic rings. The van der Waals surface area contributed by atoms with Crippen LogP contribution in [-0.4, -0.2) is 11.9 Å². The van der Waals surface area contributed by atoms with Gasteiger partial charge in [-0.1, -0.05) is 33.1 Å². The number of hydrogen-bond donors (Lipinski definition) is 0. The van der Waals surface area contributed by atoms with Gasteiger partial charge in [0, 0.05) is 5.92 Å². The first-order chi connectivity index (χ1) is 6.52. The molecule has 82 valence electrons. The van der Waals surface area contributed by atoms with Gasteiger partial charge in [-0.25, -0.2) is 0 Å². The van der Waals surface area contributed by atoms with Crippen LogP contribution < -0.4 is 113 Å². The fraction of sp³-hybridized carbons (Fsp3) is 0.800. The molecule has 0 saturated heterocycles. The summed E-state index contributed by atoms with van der Waals surface area (Å²) in [5, 5.41) is 20.9. The largest absolute Gasteiger partial charge is 1.00 e. The van der Waals surface area contributed by atoms with Crippen molar-refractivity contribution in [3.8, 4) is 0 Å². The SMILES string of the molecule is CCCC(CC)CC(C(=O)[O-])C(=O)[O-].[K+].[K+]. The average Bonchev–Trinajstić information content (AvgIpc) is 2.10. The quantitative estimate of drug-likeness (QED) is 0.342. The van der Waals surface area contributed by atoms with Crippen molar-refractivity contribution >= 4 is 11.9 Å². The summed E-state index contributed by atoms with van der Waals surface area (Å²) in [6.45, 7) is 3.90. The Labute approximate surface area is 182 Å². The summed E-state index contributed by atoms with van der Waals surface area (Å²) in [6.07, 6.45) is 2.67. The second kappa shape index (κ2) is 13.6. The molecule has 0 aromatic carbocycles. The van der Waals surface area contributed by atoms with Crippen LogP contribution in [0.3, 0.4) is 0 Å². The summed E-state index contributed by atoms with van der Waals surface area (Å²) in [5.74, 6) is -4.42. The predicted molar refractivity (Wildman–Crippen MR) is 46.8 cm³/mol. The van der Waals surface area contributed by atoms with Crippen molar-refractivity contribution in [2.24, 2.45) is 11.8 Å². The Morgan fingerprint density at radius 1 is 1.06 bits per heavy atom. The summed E-state index contributed by atoms with van der Waals surface area (Å²) < 4.78 is 0. The fourth-order valence-electron chi connectivity index (χ4n) is 1.52. The zero-order chi connectivity index (χ0) is 11.1. The van der Waals surface area contributed by atoms with Gasteiger partial charge in [-0.05, 0) is 12.3 Å². The Bertz CT molecular complexity index is 195. The van der Waals surface area contributed by atoms with Crippen molar-refractivity contribution < 1.29 is 123 Å². The maximum Gasteiger partial charge on any atom is 1.00 e. The number of hydrogen-bond acceptors (Lipinski definition) is 4. The van der Waals surface area contributed by atoms with Gasteiger partial charge in [0.05, 0.1) is 11.9 Å². The molecule has 0 heterocycles. The second-order valence-corrected chi connectivity index (χ2v) is 3.49. The van der Waals surface area contributed by atoms with E-state index >= 15 is 0 Å². The molecule has 1 unspecified atom stereocenters. The number of rotatable bonds is 7. The minimum Gasteiger partial charge on any atom is -0.549 e. The summed E-state index contributed by atoms with van der Waals surface area (Å²) in [7, 11) is 0. The third-order valence-corrected chi connectivity index (χ3v) is 2.41. The van der Waals surface area contributed by atoms with Crippen LogP contribution in [0.15, 0.2) is 0 Å². The van der Waals surface area contributed by atoms with Crippen LogP contribution in [0.4, 0.5) is 0 Å². The van der Waals surface area contributed by atoms with E-state index < -0.39 is 17.9 Å². The molecule has 6 heteroatoms. The van der Waals surface area contributed by atoms with E-state index in [0.717, 1.165) is 19.3 Å². The Morgan fingerprint density at radius 2 is 1.50 bits per heavy atom. The molecule has 0 aliphatic heterocycles. The molecule has 0 aliphatic carbocycles. The zero-order valence-corrected chi connectivity index (χ0v) is 16.9. The molecule has 0 radical (unpaired) electrons. The second-order valence-electron chi connectivity index (χ2n) is 3.49. The van der Waals surface area contributed by atoms with E-state index in [1.807, 2.05) is 13.8 Å². The zero-order valence-electron chi connectivity index (χ0n) is 10.6. The third-order valence-electron chi connectivity index (χ3n) is 2.41. The predicted octanol–water partition coefficient (Wildman–Crippen LogP) is -6.67. The summed E-state index contributed by atoms with van der Waals surface area (Å²) in [4.78, 5) is 20.9. The van der Waals surface area contributed by atoms with Gasteiger partial charge in [0.25, 0.3) is 0 Å². The fourth-order valence-corrected chi connectivity index (χ4v) is 1.52. The molecular weight excluding hydrogens is 262 g/mol. The molecule has 0 aromatic heterocycles. The number of aliphatic carboxylic acids is 2. The van der Waals surface area contributed by atoms with Gasteiger partial charge in [0.1, 0.15) is 0 Å². The first kappa shape index (κ1) is 23.3. The van der Waals surface area contributed by atoms with Crippen molar-refractivity contribution in [2.45, 2.75) is 39.5 Å². The molecule has 0 spiro atoms. The van der Waals surface area contributed by atoms with Gasteiger partial charge >= 0.3 is 103 Å². The molecule has 0 fully saturated rings. The van der Waals surface area contributed by atoms with Gasteiger partial charge in [-0.2, -0.15) is 0 Å². The molecule has 4 nitrogen and oxygen atoms in total. The minimum absolute atomic E-state index is 0. The molecule has 0 saturated carbocycles. The first-order valence-corrected chi connectivity index (χ1v) is 4.94. The Kier molecular flexibility index (Phi) is 19.9. The Hall–Kier alpha value is 2.21. The van der Waals surface area contributed by atoms with E-state index in [1.54, 1.807) is 0 Å². The topological polar surface area (TPSA) is 80.3 Å².